The molecule has 0 saturated carbocycles. The van der Waals surface area contributed by atoms with Crippen molar-refractivity contribution in [1.29, 1.82) is 0 Å². The zero-order valence-corrected chi connectivity index (χ0v) is 19.1. The Morgan fingerprint density at radius 3 is 2.35 bits per heavy atom. The Morgan fingerprint density at radius 2 is 1.74 bits per heavy atom. The van der Waals surface area contributed by atoms with E-state index in [4.69, 9.17) is 9.47 Å². The fourth-order valence-electron chi connectivity index (χ4n) is 3.78. The van der Waals surface area contributed by atoms with Crippen LogP contribution >= 0.6 is 0 Å². The molecule has 2 aromatic rings. The van der Waals surface area contributed by atoms with Crippen molar-refractivity contribution < 1.29 is 22.7 Å². The van der Waals surface area contributed by atoms with Gasteiger partial charge in [0.2, 0.25) is 15.9 Å². The molecule has 1 fully saturated rings. The highest BCUT2D eigenvalue weighted by Crippen LogP contribution is 2.26. The lowest BCUT2D eigenvalue weighted by atomic mass is 9.98. The van der Waals surface area contributed by atoms with Crippen LogP contribution in [0.3, 0.4) is 0 Å². The molecular weight excluding hydrogens is 416 g/mol. The minimum atomic E-state index is -3.66. The zero-order valence-electron chi connectivity index (χ0n) is 18.3. The smallest absolute Gasteiger partial charge is 0.243 e. The normalized spacial score (nSPS) is 17.2. The quantitative estimate of drug-likeness (QED) is 0.623. The van der Waals surface area contributed by atoms with Gasteiger partial charge in [0.1, 0.15) is 11.5 Å². The molecule has 0 radical (unpaired) electrons. The molecule has 1 heterocycles. The fourth-order valence-corrected chi connectivity index (χ4v) is 5.30. The second-order valence-electron chi connectivity index (χ2n) is 7.65. The van der Waals surface area contributed by atoms with Gasteiger partial charge in [-0.2, -0.15) is 4.31 Å². The number of piperidine rings is 1. The van der Waals surface area contributed by atoms with Gasteiger partial charge in [-0.25, -0.2) is 8.42 Å². The first-order chi connectivity index (χ1) is 14.8. The molecule has 8 heteroatoms. The molecule has 1 saturated heterocycles. The molecule has 168 valence electrons. The van der Waals surface area contributed by atoms with E-state index in [1.165, 1.54) is 4.31 Å². The first kappa shape index (κ1) is 23.1. The Kier molecular flexibility index (Phi) is 7.56. The molecular formula is C23H30N2O5S. The summed E-state index contributed by atoms with van der Waals surface area (Å²) in [6.07, 6.45) is 1.34. The highest BCUT2D eigenvalue weighted by atomic mass is 32.2. The Hall–Kier alpha value is -2.58. The summed E-state index contributed by atoms with van der Waals surface area (Å²) < 4.78 is 38.2. The first-order valence-electron chi connectivity index (χ1n) is 10.5. The van der Waals surface area contributed by atoms with Crippen molar-refractivity contribution in [3.63, 3.8) is 0 Å². The minimum Gasteiger partial charge on any atom is -0.497 e. The number of rotatable bonds is 8. The van der Waals surface area contributed by atoms with Crippen molar-refractivity contribution in [1.82, 2.24) is 9.21 Å². The van der Waals surface area contributed by atoms with Crippen molar-refractivity contribution in [3.05, 3.63) is 54.1 Å². The maximum atomic E-state index is 13.1. The van der Waals surface area contributed by atoms with Crippen LogP contribution in [0, 0.1) is 5.92 Å². The average molecular weight is 447 g/mol. The number of ether oxygens (including phenoxy) is 2. The monoisotopic (exact) mass is 446 g/mol. The Balaban J connectivity index is 1.66. The molecule has 0 aliphatic carbocycles. The molecule has 1 aliphatic rings. The molecule has 1 aliphatic heterocycles. The number of nitrogens with zero attached hydrogens (tertiary/aromatic N) is 2. The van der Waals surface area contributed by atoms with Gasteiger partial charge in [0.05, 0.1) is 24.5 Å². The second-order valence-corrected chi connectivity index (χ2v) is 9.59. The largest absolute Gasteiger partial charge is 0.497 e. The summed E-state index contributed by atoms with van der Waals surface area (Å²) >= 11 is 0. The van der Waals surface area contributed by atoms with Gasteiger partial charge < -0.3 is 14.4 Å². The van der Waals surface area contributed by atoms with Crippen LogP contribution in [0.1, 0.15) is 25.3 Å². The molecule has 3 rings (SSSR count). The standard InChI is InChI=1S/C23H30N2O5S/c1-4-30-21-11-13-22(14-12-21)31(27,28)25-15-5-6-19(17-25)23(26)24(2)16-18-7-9-20(29-3)10-8-18/h7-14,19H,4-6,15-17H2,1-3H3/t19-/m1/s1. The van der Waals surface area contributed by atoms with E-state index in [1.54, 1.807) is 43.3 Å². The second kappa shape index (κ2) is 10.2. The van der Waals surface area contributed by atoms with Gasteiger partial charge >= 0.3 is 0 Å². The minimum absolute atomic E-state index is 0.0394. The van der Waals surface area contributed by atoms with Crippen LogP contribution in [0.15, 0.2) is 53.4 Å². The first-order valence-corrected chi connectivity index (χ1v) is 11.9. The average Bonchev–Trinajstić information content (AvgIpc) is 2.79. The van der Waals surface area contributed by atoms with E-state index in [0.717, 1.165) is 11.3 Å². The van der Waals surface area contributed by atoms with Crippen molar-refractivity contribution in [3.8, 4) is 11.5 Å². The SMILES string of the molecule is CCOc1ccc(S(=O)(=O)N2CCC[C@@H](C(=O)N(C)Cc3ccc(OC)cc3)C2)cc1. The number of carbonyl (C=O) groups is 1. The highest BCUT2D eigenvalue weighted by molar-refractivity contribution is 7.89. The third-order valence-corrected chi connectivity index (χ3v) is 7.34. The lowest BCUT2D eigenvalue weighted by Gasteiger charge is -2.33. The Morgan fingerprint density at radius 1 is 1.10 bits per heavy atom. The molecule has 0 aromatic heterocycles. The van der Waals surface area contributed by atoms with Gasteiger partial charge in [0.15, 0.2) is 0 Å². The number of benzene rings is 2. The molecule has 31 heavy (non-hydrogen) atoms. The van der Waals surface area contributed by atoms with Gasteiger partial charge in [0, 0.05) is 26.7 Å². The third kappa shape index (κ3) is 5.57. The molecule has 7 nitrogen and oxygen atoms in total. The van der Waals surface area contributed by atoms with E-state index < -0.39 is 10.0 Å². The lowest BCUT2D eigenvalue weighted by molar-refractivity contribution is -0.135. The van der Waals surface area contributed by atoms with Gasteiger partial charge in [-0.3, -0.25) is 4.79 Å². The van der Waals surface area contributed by atoms with Crippen LogP contribution in [0.4, 0.5) is 0 Å². The summed E-state index contributed by atoms with van der Waals surface area (Å²) in [4.78, 5) is 14.9. The predicted octanol–water partition coefficient (Wildman–Crippen LogP) is 3.15. The number of amides is 1. The predicted molar refractivity (Wildman–Crippen MR) is 119 cm³/mol. The van der Waals surface area contributed by atoms with Crippen LogP contribution in [0.2, 0.25) is 0 Å². The van der Waals surface area contributed by atoms with Crippen LogP contribution in [-0.2, 0) is 21.4 Å². The van der Waals surface area contributed by atoms with Gasteiger partial charge in [0.25, 0.3) is 0 Å². The fraction of sp³-hybridized carbons (Fsp3) is 0.435. The van der Waals surface area contributed by atoms with Gasteiger partial charge in [-0.1, -0.05) is 12.1 Å². The van der Waals surface area contributed by atoms with Gasteiger partial charge in [-0.05, 0) is 61.7 Å². The van der Waals surface area contributed by atoms with Crippen LogP contribution in [-0.4, -0.2) is 57.4 Å². The van der Waals surface area contributed by atoms with E-state index in [1.807, 2.05) is 31.2 Å². The summed E-state index contributed by atoms with van der Waals surface area (Å²) in [5, 5.41) is 0. The molecule has 1 amide bonds. The van der Waals surface area contributed by atoms with E-state index in [9.17, 15) is 13.2 Å². The lowest BCUT2D eigenvalue weighted by Crippen LogP contribution is -2.45. The number of sulfonamides is 1. The summed E-state index contributed by atoms with van der Waals surface area (Å²) in [5.41, 5.74) is 0.992. The van der Waals surface area contributed by atoms with E-state index >= 15 is 0 Å². The molecule has 0 bridgehead atoms. The van der Waals surface area contributed by atoms with Crippen molar-refractivity contribution in [2.24, 2.45) is 5.92 Å². The summed E-state index contributed by atoms with van der Waals surface area (Å²) in [6.45, 7) is 3.47. The number of hydrogen-bond donors (Lipinski definition) is 0. The maximum absolute atomic E-state index is 13.1. The summed E-state index contributed by atoms with van der Waals surface area (Å²) in [7, 11) is -0.291. The van der Waals surface area contributed by atoms with Crippen LogP contribution < -0.4 is 9.47 Å². The summed E-state index contributed by atoms with van der Waals surface area (Å²) in [6, 6.07) is 14.0. The van der Waals surface area contributed by atoms with Crippen molar-refractivity contribution in [2.75, 3.05) is 33.9 Å². The number of carbonyl (C=O) groups excluding carboxylic acids is 1. The van der Waals surface area contributed by atoms with Crippen molar-refractivity contribution in [2.45, 2.75) is 31.2 Å². The number of hydrogen-bond acceptors (Lipinski definition) is 5. The van der Waals surface area contributed by atoms with E-state index in [2.05, 4.69) is 0 Å². The van der Waals surface area contributed by atoms with Crippen molar-refractivity contribution >= 4 is 15.9 Å². The highest BCUT2D eigenvalue weighted by Gasteiger charge is 2.34. The summed E-state index contributed by atoms with van der Waals surface area (Å²) in [5.74, 6) is 1.00. The third-order valence-electron chi connectivity index (χ3n) is 5.46. The Labute approximate surface area is 184 Å². The van der Waals surface area contributed by atoms with Gasteiger partial charge in [-0.15, -0.1) is 0 Å². The molecule has 0 unspecified atom stereocenters. The molecule has 0 spiro atoms. The Bertz CT molecular complexity index is 974. The topological polar surface area (TPSA) is 76.2 Å². The number of methoxy groups -OCH3 is 1. The maximum Gasteiger partial charge on any atom is 0.243 e. The molecule has 1 atom stereocenters. The molecule has 2 aromatic carbocycles. The van der Waals surface area contributed by atoms with Crippen LogP contribution in [0.5, 0.6) is 11.5 Å². The van der Waals surface area contributed by atoms with E-state index in [-0.39, 0.29) is 23.3 Å². The van der Waals surface area contributed by atoms with Crippen LogP contribution in [0.25, 0.3) is 0 Å². The zero-order chi connectivity index (χ0) is 22.4. The molecule has 0 N–H and O–H groups in total. The van der Waals surface area contributed by atoms with E-state index in [0.29, 0.717) is 38.3 Å².